The molecule has 1 heterocycles. The molecule has 1 aromatic rings. The maximum absolute atomic E-state index is 13.8. The summed E-state index contributed by atoms with van der Waals surface area (Å²) in [6, 6.07) is 4.24. The largest absolute Gasteiger partial charge is 0.308 e. The van der Waals surface area contributed by atoms with Gasteiger partial charge in [0.25, 0.3) is 0 Å². The summed E-state index contributed by atoms with van der Waals surface area (Å²) in [7, 11) is 0. The van der Waals surface area contributed by atoms with E-state index in [-0.39, 0.29) is 5.54 Å². The van der Waals surface area contributed by atoms with Crippen molar-refractivity contribution in [2.75, 3.05) is 13.1 Å². The molecule has 1 aliphatic heterocycles. The van der Waals surface area contributed by atoms with Gasteiger partial charge in [-0.05, 0) is 38.7 Å². The van der Waals surface area contributed by atoms with Crippen molar-refractivity contribution < 1.29 is 8.78 Å². The third-order valence-electron chi connectivity index (χ3n) is 4.82. The van der Waals surface area contributed by atoms with Gasteiger partial charge in [0.05, 0.1) is 0 Å². The number of hydrogen-bond acceptors (Lipinski definition) is 2. The zero-order valence-corrected chi connectivity index (χ0v) is 12.1. The van der Waals surface area contributed by atoms with E-state index in [1.807, 2.05) is 0 Å². The molecule has 4 heteroatoms. The fraction of sp³-hybridized carbons (Fsp3) is 0.625. The summed E-state index contributed by atoms with van der Waals surface area (Å²) in [5.41, 5.74) is 0.724. The number of benzene rings is 1. The van der Waals surface area contributed by atoms with Crippen molar-refractivity contribution in [3.63, 3.8) is 0 Å². The topological polar surface area (TPSA) is 15.3 Å². The first-order valence-corrected chi connectivity index (χ1v) is 7.41. The van der Waals surface area contributed by atoms with Crippen LogP contribution >= 0.6 is 0 Å². The smallest absolute Gasteiger partial charge is 0.130 e. The Morgan fingerprint density at radius 1 is 1.35 bits per heavy atom. The second kappa shape index (κ2) is 5.08. The Morgan fingerprint density at radius 2 is 2.10 bits per heavy atom. The lowest BCUT2D eigenvalue weighted by molar-refractivity contribution is 0.0761. The number of nitrogens with zero attached hydrogens (tertiary/aromatic N) is 1. The van der Waals surface area contributed by atoms with E-state index in [0.29, 0.717) is 18.2 Å². The molecule has 0 aromatic heterocycles. The van der Waals surface area contributed by atoms with E-state index < -0.39 is 11.6 Å². The van der Waals surface area contributed by atoms with Crippen LogP contribution in [0.4, 0.5) is 8.78 Å². The summed E-state index contributed by atoms with van der Waals surface area (Å²) >= 11 is 0. The van der Waals surface area contributed by atoms with Crippen molar-refractivity contribution in [1.82, 2.24) is 10.2 Å². The van der Waals surface area contributed by atoms with Gasteiger partial charge in [-0.3, -0.25) is 4.90 Å². The van der Waals surface area contributed by atoms with E-state index in [0.717, 1.165) is 25.1 Å². The Kier molecular flexibility index (Phi) is 3.55. The quantitative estimate of drug-likeness (QED) is 0.916. The fourth-order valence-corrected chi connectivity index (χ4v) is 3.22. The van der Waals surface area contributed by atoms with Crippen LogP contribution in [0, 0.1) is 17.6 Å². The average Bonchev–Trinajstić information content (AvgIpc) is 3.22. The number of rotatable bonds is 3. The molecule has 20 heavy (non-hydrogen) atoms. The van der Waals surface area contributed by atoms with Crippen LogP contribution in [0.5, 0.6) is 0 Å². The minimum atomic E-state index is -0.512. The Bertz CT molecular complexity index is 501. The lowest BCUT2D eigenvalue weighted by Gasteiger charge is -2.45. The van der Waals surface area contributed by atoms with E-state index in [4.69, 9.17) is 0 Å². The van der Waals surface area contributed by atoms with Gasteiger partial charge in [0, 0.05) is 42.8 Å². The molecule has 0 amide bonds. The normalized spacial score (nSPS) is 31.5. The van der Waals surface area contributed by atoms with Crippen molar-refractivity contribution in [3.8, 4) is 0 Å². The molecule has 1 saturated heterocycles. The molecule has 1 aromatic carbocycles. The van der Waals surface area contributed by atoms with Gasteiger partial charge in [0.15, 0.2) is 0 Å². The van der Waals surface area contributed by atoms with Crippen molar-refractivity contribution in [2.45, 2.75) is 44.8 Å². The van der Waals surface area contributed by atoms with Crippen LogP contribution in [0.15, 0.2) is 18.2 Å². The summed E-state index contributed by atoms with van der Waals surface area (Å²) in [5, 5.41) is 3.65. The number of halogens is 2. The molecule has 2 aliphatic rings. The van der Waals surface area contributed by atoms with Gasteiger partial charge in [-0.25, -0.2) is 8.78 Å². The highest BCUT2D eigenvalue weighted by atomic mass is 19.1. The van der Waals surface area contributed by atoms with Gasteiger partial charge >= 0.3 is 0 Å². The molecule has 110 valence electrons. The summed E-state index contributed by atoms with van der Waals surface area (Å²) in [5.74, 6) is -0.207. The van der Waals surface area contributed by atoms with Gasteiger partial charge in [0.1, 0.15) is 11.6 Å². The summed E-state index contributed by atoms with van der Waals surface area (Å²) in [6.07, 6.45) is 2.58. The third kappa shape index (κ3) is 2.72. The van der Waals surface area contributed by atoms with Gasteiger partial charge < -0.3 is 5.32 Å². The molecule has 2 fully saturated rings. The van der Waals surface area contributed by atoms with Crippen LogP contribution in [0.1, 0.15) is 32.3 Å². The van der Waals surface area contributed by atoms with E-state index in [9.17, 15) is 8.78 Å². The number of nitrogens with one attached hydrogen (secondary N) is 1. The van der Waals surface area contributed by atoms with Crippen LogP contribution in [-0.4, -0.2) is 29.6 Å². The fourth-order valence-electron chi connectivity index (χ4n) is 3.22. The average molecular weight is 280 g/mol. The molecule has 1 aliphatic carbocycles. The van der Waals surface area contributed by atoms with Crippen molar-refractivity contribution in [3.05, 3.63) is 35.4 Å². The lowest BCUT2D eigenvalue weighted by Crippen LogP contribution is -2.62. The molecular weight excluding hydrogens is 258 g/mol. The van der Waals surface area contributed by atoms with Gasteiger partial charge in [-0.2, -0.15) is 0 Å². The molecule has 1 saturated carbocycles. The van der Waals surface area contributed by atoms with E-state index in [1.165, 1.54) is 18.9 Å². The zero-order chi connectivity index (χ0) is 14.3. The van der Waals surface area contributed by atoms with E-state index >= 15 is 0 Å². The molecule has 0 bridgehead atoms. The lowest BCUT2D eigenvalue weighted by atomic mass is 9.91. The highest BCUT2D eigenvalue weighted by Gasteiger charge is 2.45. The minimum absolute atomic E-state index is 0.142. The van der Waals surface area contributed by atoms with Crippen molar-refractivity contribution >= 4 is 0 Å². The maximum atomic E-state index is 13.8. The standard InChI is InChI=1S/C16H22F2N2/c1-11-8-19-16(2,13-4-5-13)10-20(11)9-12-3-6-14(17)7-15(12)18/h3,6-7,11,13,19H,4-5,8-10H2,1-2H3. The SMILES string of the molecule is CC1CNC(C)(C2CC2)CN1Cc1ccc(F)cc1F. The van der Waals surface area contributed by atoms with Crippen LogP contribution in [0.25, 0.3) is 0 Å². The summed E-state index contributed by atoms with van der Waals surface area (Å²) < 4.78 is 26.8. The van der Waals surface area contributed by atoms with Gasteiger partial charge in [0.2, 0.25) is 0 Å². The minimum Gasteiger partial charge on any atom is -0.308 e. The molecule has 2 nitrogen and oxygen atoms in total. The van der Waals surface area contributed by atoms with Crippen LogP contribution < -0.4 is 5.32 Å². The van der Waals surface area contributed by atoms with Crippen LogP contribution in [0.3, 0.4) is 0 Å². The zero-order valence-electron chi connectivity index (χ0n) is 12.1. The first-order valence-electron chi connectivity index (χ1n) is 7.41. The van der Waals surface area contributed by atoms with Gasteiger partial charge in [-0.1, -0.05) is 6.07 Å². The molecule has 1 N–H and O–H groups in total. The predicted molar refractivity (Wildman–Crippen MR) is 75.4 cm³/mol. The Labute approximate surface area is 119 Å². The molecule has 0 spiro atoms. The maximum Gasteiger partial charge on any atom is 0.130 e. The second-order valence-corrected chi connectivity index (χ2v) is 6.56. The number of piperazine rings is 1. The molecule has 2 atom stereocenters. The Hall–Kier alpha value is -1.00. The van der Waals surface area contributed by atoms with Crippen LogP contribution in [0.2, 0.25) is 0 Å². The molecule has 2 unspecified atom stereocenters. The summed E-state index contributed by atoms with van der Waals surface area (Å²) in [4.78, 5) is 2.31. The van der Waals surface area contributed by atoms with Gasteiger partial charge in [-0.15, -0.1) is 0 Å². The second-order valence-electron chi connectivity index (χ2n) is 6.56. The Balaban J connectivity index is 1.74. The molecule has 3 rings (SSSR count). The Morgan fingerprint density at radius 3 is 2.75 bits per heavy atom. The van der Waals surface area contributed by atoms with Crippen LogP contribution in [-0.2, 0) is 6.54 Å². The van der Waals surface area contributed by atoms with E-state index in [1.54, 1.807) is 6.07 Å². The predicted octanol–water partition coefficient (Wildman–Crippen LogP) is 2.93. The van der Waals surface area contributed by atoms with E-state index in [2.05, 4.69) is 24.1 Å². The highest BCUT2D eigenvalue weighted by molar-refractivity contribution is 5.19. The first-order chi connectivity index (χ1) is 9.48. The van der Waals surface area contributed by atoms with Crippen molar-refractivity contribution in [2.24, 2.45) is 5.92 Å². The third-order valence-corrected chi connectivity index (χ3v) is 4.82. The highest BCUT2D eigenvalue weighted by Crippen LogP contribution is 2.41. The first kappa shape index (κ1) is 14.0. The summed E-state index contributed by atoms with van der Waals surface area (Å²) in [6.45, 7) is 6.83. The monoisotopic (exact) mass is 280 g/mol. The molecule has 0 radical (unpaired) electrons. The number of hydrogen-bond donors (Lipinski definition) is 1. The van der Waals surface area contributed by atoms with Crippen molar-refractivity contribution in [1.29, 1.82) is 0 Å². The molecular formula is C16H22F2N2.